The zero-order chi connectivity index (χ0) is 24.9. The number of carbonyl (C=O) groups is 2. The summed E-state index contributed by atoms with van der Waals surface area (Å²) < 4.78 is 71.6. The van der Waals surface area contributed by atoms with Crippen molar-refractivity contribution in [1.29, 1.82) is 0 Å². The van der Waals surface area contributed by atoms with Crippen molar-refractivity contribution in [2.75, 3.05) is 17.2 Å². The van der Waals surface area contributed by atoms with E-state index in [9.17, 15) is 31.2 Å². The summed E-state index contributed by atoms with van der Waals surface area (Å²) in [7, 11) is -4.52. The Labute approximate surface area is 193 Å². The molecule has 34 heavy (non-hydrogen) atoms. The summed E-state index contributed by atoms with van der Waals surface area (Å²) in [6.07, 6.45) is -3.44. The average molecular weight is 495 g/mol. The van der Waals surface area contributed by atoms with Gasteiger partial charge in [-0.15, -0.1) is 0 Å². The van der Waals surface area contributed by atoms with Crippen molar-refractivity contribution in [3.8, 4) is 0 Å². The number of furan rings is 1. The fourth-order valence-corrected chi connectivity index (χ4v) is 4.43. The monoisotopic (exact) mass is 495 g/mol. The zero-order valence-electron chi connectivity index (χ0n) is 17.8. The van der Waals surface area contributed by atoms with E-state index in [1.54, 1.807) is 12.1 Å². The minimum absolute atomic E-state index is 0.191. The second-order valence-corrected chi connectivity index (χ2v) is 9.13. The molecule has 0 aliphatic rings. The molecule has 180 valence electrons. The van der Waals surface area contributed by atoms with Crippen molar-refractivity contribution in [2.45, 2.75) is 24.5 Å². The van der Waals surface area contributed by atoms with Gasteiger partial charge < -0.3 is 15.1 Å². The first-order valence-corrected chi connectivity index (χ1v) is 11.3. The molecule has 0 fully saturated rings. The first-order valence-electron chi connectivity index (χ1n) is 9.82. The van der Waals surface area contributed by atoms with Crippen LogP contribution in [0.4, 0.5) is 24.5 Å². The SMILES string of the molecule is CC(=O)Nc1cccc(NC(=O)CN(Cc2ccco2)S(=O)(=O)c2cccc(C(F)(F)F)c2)c1. The van der Waals surface area contributed by atoms with Gasteiger partial charge in [0.25, 0.3) is 0 Å². The highest BCUT2D eigenvalue weighted by atomic mass is 32.2. The molecule has 0 saturated heterocycles. The van der Waals surface area contributed by atoms with Crippen LogP contribution in [0.3, 0.4) is 0 Å². The predicted octanol–water partition coefficient (Wildman–Crippen LogP) is 4.09. The van der Waals surface area contributed by atoms with Crippen molar-refractivity contribution in [3.63, 3.8) is 0 Å². The molecular weight excluding hydrogens is 475 g/mol. The molecule has 3 aromatic rings. The minimum atomic E-state index is -4.74. The van der Waals surface area contributed by atoms with E-state index in [0.29, 0.717) is 16.1 Å². The molecule has 0 saturated carbocycles. The number of nitrogens with zero attached hydrogens (tertiary/aromatic N) is 1. The van der Waals surface area contributed by atoms with Crippen LogP contribution in [0.2, 0.25) is 0 Å². The Morgan fingerprint density at radius 1 is 0.971 bits per heavy atom. The zero-order valence-corrected chi connectivity index (χ0v) is 18.6. The molecule has 2 amide bonds. The molecule has 12 heteroatoms. The van der Waals surface area contributed by atoms with Crippen molar-refractivity contribution in [3.05, 3.63) is 78.3 Å². The molecule has 2 N–H and O–H groups in total. The molecule has 0 atom stereocenters. The van der Waals surface area contributed by atoms with Crippen LogP contribution in [-0.2, 0) is 32.3 Å². The van der Waals surface area contributed by atoms with Gasteiger partial charge in [-0.2, -0.15) is 17.5 Å². The number of nitrogens with one attached hydrogen (secondary N) is 2. The van der Waals surface area contributed by atoms with Gasteiger partial charge in [-0.1, -0.05) is 12.1 Å². The fraction of sp³-hybridized carbons (Fsp3) is 0.182. The molecule has 1 aromatic heterocycles. The van der Waals surface area contributed by atoms with Gasteiger partial charge >= 0.3 is 6.18 Å². The lowest BCUT2D eigenvalue weighted by atomic mass is 10.2. The van der Waals surface area contributed by atoms with Crippen molar-refractivity contribution < 1.29 is 35.6 Å². The Kier molecular flexibility index (Phi) is 7.42. The molecule has 0 unspecified atom stereocenters. The number of rotatable bonds is 8. The minimum Gasteiger partial charge on any atom is -0.468 e. The topological polar surface area (TPSA) is 109 Å². The maximum atomic E-state index is 13.2. The summed E-state index contributed by atoms with van der Waals surface area (Å²) in [5.74, 6) is -0.877. The second kappa shape index (κ2) is 10.1. The van der Waals surface area contributed by atoms with Crippen LogP contribution in [0.1, 0.15) is 18.2 Å². The number of sulfonamides is 1. The van der Waals surface area contributed by atoms with Gasteiger partial charge in [-0.25, -0.2) is 8.42 Å². The Morgan fingerprint density at radius 3 is 2.26 bits per heavy atom. The van der Waals surface area contributed by atoms with E-state index >= 15 is 0 Å². The number of carbonyl (C=O) groups excluding carboxylic acids is 2. The van der Waals surface area contributed by atoms with E-state index in [-0.39, 0.29) is 23.9 Å². The van der Waals surface area contributed by atoms with Gasteiger partial charge in [-0.05, 0) is 48.5 Å². The highest BCUT2D eigenvalue weighted by molar-refractivity contribution is 7.89. The normalized spacial score (nSPS) is 11.9. The van der Waals surface area contributed by atoms with Gasteiger partial charge in [-0.3, -0.25) is 9.59 Å². The Hall–Kier alpha value is -3.64. The Morgan fingerprint density at radius 2 is 1.65 bits per heavy atom. The lowest BCUT2D eigenvalue weighted by Gasteiger charge is -2.21. The van der Waals surface area contributed by atoms with E-state index in [1.165, 1.54) is 37.5 Å². The highest BCUT2D eigenvalue weighted by Gasteiger charge is 2.34. The van der Waals surface area contributed by atoms with Crippen LogP contribution < -0.4 is 10.6 Å². The Bertz CT molecular complexity index is 1270. The molecule has 2 aromatic carbocycles. The summed E-state index contributed by atoms with van der Waals surface area (Å²) in [6, 6.07) is 12.4. The van der Waals surface area contributed by atoms with E-state index < -0.39 is 39.1 Å². The van der Waals surface area contributed by atoms with E-state index in [2.05, 4.69) is 10.6 Å². The molecule has 0 aliphatic carbocycles. The number of alkyl halides is 3. The first-order chi connectivity index (χ1) is 15.9. The van der Waals surface area contributed by atoms with Crippen molar-refractivity contribution >= 4 is 33.2 Å². The summed E-state index contributed by atoms with van der Waals surface area (Å²) in [5, 5.41) is 5.07. The fourth-order valence-electron chi connectivity index (χ4n) is 3.02. The number of benzene rings is 2. The maximum absolute atomic E-state index is 13.2. The van der Waals surface area contributed by atoms with Crippen LogP contribution >= 0.6 is 0 Å². The molecule has 1 heterocycles. The summed E-state index contributed by atoms with van der Waals surface area (Å²) >= 11 is 0. The van der Waals surface area contributed by atoms with Crippen LogP contribution in [0, 0.1) is 0 Å². The summed E-state index contributed by atoms with van der Waals surface area (Å²) in [6.45, 7) is 0.227. The van der Waals surface area contributed by atoms with Crippen LogP contribution in [-0.4, -0.2) is 31.1 Å². The van der Waals surface area contributed by atoms with Gasteiger partial charge in [0, 0.05) is 18.3 Å². The van der Waals surface area contributed by atoms with E-state index in [4.69, 9.17) is 4.42 Å². The maximum Gasteiger partial charge on any atom is 0.416 e. The number of hydrogen-bond donors (Lipinski definition) is 2. The first kappa shape index (κ1) is 25.0. The molecule has 0 aliphatic heterocycles. The third kappa shape index (κ3) is 6.45. The molecule has 0 bridgehead atoms. The van der Waals surface area contributed by atoms with E-state index in [1.807, 2.05) is 0 Å². The van der Waals surface area contributed by atoms with Crippen LogP contribution in [0.15, 0.2) is 76.2 Å². The molecule has 0 radical (unpaired) electrons. The van der Waals surface area contributed by atoms with Crippen LogP contribution in [0.25, 0.3) is 0 Å². The van der Waals surface area contributed by atoms with Gasteiger partial charge in [0.15, 0.2) is 0 Å². The standard InChI is InChI=1S/C22H20F3N3O5S/c1-15(29)26-17-6-3-7-18(12-17)27-21(30)14-28(13-19-8-4-10-33-19)34(31,32)20-9-2-5-16(11-20)22(23,24)25/h2-12H,13-14H2,1H3,(H,26,29)(H,27,30). The average Bonchev–Trinajstić information content (AvgIpc) is 3.26. The van der Waals surface area contributed by atoms with Gasteiger partial charge in [0.1, 0.15) is 5.76 Å². The number of hydrogen-bond acceptors (Lipinski definition) is 5. The molecule has 0 spiro atoms. The van der Waals surface area contributed by atoms with Gasteiger partial charge in [0.2, 0.25) is 21.8 Å². The highest BCUT2D eigenvalue weighted by Crippen LogP contribution is 2.31. The third-order valence-corrected chi connectivity index (χ3v) is 6.29. The number of amides is 2. The lowest BCUT2D eigenvalue weighted by Crippen LogP contribution is -2.37. The van der Waals surface area contributed by atoms with Gasteiger partial charge in [0.05, 0.1) is 29.8 Å². The Balaban J connectivity index is 1.86. The molecule has 3 rings (SSSR count). The van der Waals surface area contributed by atoms with Crippen molar-refractivity contribution in [2.24, 2.45) is 0 Å². The number of halogens is 3. The summed E-state index contributed by atoms with van der Waals surface area (Å²) in [5.41, 5.74) is -0.439. The molecule has 8 nitrogen and oxygen atoms in total. The second-order valence-electron chi connectivity index (χ2n) is 7.19. The quantitative estimate of drug-likeness (QED) is 0.490. The molecular formula is C22H20F3N3O5S. The largest absolute Gasteiger partial charge is 0.468 e. The lowest BCUT2D eigenvalue weighted by molar-refractivity contribution is -0.137. The number of anilines is 2. The summed E-state index contributed by atoms with van der Waals surface area (Å²) in [4.78, 5) is 23.3. The van der Waals surface area contributed by atoms with Crippen LogP contribution in [0.5, 0.6) is 0 Å². The van der Waals surface area contributed by atoms with Crippen molar-refractivity contribution in [1.82, 2.24) is 4.31 Å². The predicted molar refractivity (Wildman–Crippen MR) is 117 cm³/mol. The third-order valence-electron chi connectivity index (χ3n) is 4.50. The smallest absolute Gasteiger partial charge is 0.416 e. The van der Waals surface area contributed by atoms with E-state index in [0.717, 1.165) is 18.2 Å².